The molecule has 6 N–H and O–H groups in total. The number of carbonyl (C=O) groups is 3. The normalized spacial score (nSPS) is 17.9. The Morgan fingerprint density at radius 3 is 2.55 bits per heavy atom. The van der Waals surface area contributed by atoms with Gasteiger partial charge in [-0.3, -0.25) is 20.0 Å². The third kappa shape index (κ3) is 3.25. The third-order valence-corrected chi connectivity index (χ3v) is 5.42. The summed E-state index contributed by atoms with van der Waals surface area (Å²) < 4.78 is 0. The Labute approximate surface area is 168 Å². The van der Waals surface area contributed by atoms with Gasteiger partial charge in [0.05, 0.1) is 33.1 Å². The molecule has 0 unspecified atom stereocenters. The predicted octanol–water partition coefficient (Wildman–Crippen LogP) is 1.75. The molecule has 144 valence electrons. The summed E-state index contributed by atoms with van der Waals surface area (Å²) in [5.41, 5.74) is 6.84. The van der Waals surface area contributed by atoms with E-state index < -0.39 is 17.8 Å². The number of nitrogens with zero attached hydrogens (tertiary/aromatic N) is 1. The second-order valence-corrected chi connectivity index (χ2v) is 7.21. The summed E-state index contributed by atoms with van der Waals surface area (Å²) in [5.74, 6) is -2.19. The van der Waals surface area contributed by atoms with Crippen LogP contribution >= 0.6 is 11.8 Å². The van der Waals surface area contributed by atoms with Gasteiger partial charge in [-0.2, -0.15) is 0 Å². The molecule has 10 heteroatoms. The van der Waals surface area contributed by atoms with Gasteiger partial charge in [-0.25, -0.2) is 4.79 Å². The lowest BCUT2D eigenvalue weighted by molar-refractivity contribution is -0.112. The third-order valence-electron chi connectivity index (χ3n) is 4.32. The number of primary amides is 1. The highest BCUT2D eigenvalue weighted by Gasteiger charge is 2.32. The summed E-state index contributed by atoms with van der Waals surface area (Å²) in [6, 6.07) is 7.73. The number of hydrogen-bond donors (Lipinski definition) is 5. The molecule has 2 aromatic rings. The van der Waals surface area contributed by atoms with Gasteiger partial charge in [0.2, 0.25) is 5.91 Å². The first-order chi connectivity index (χ1) is 13.8. The quantitative estimate of drug-likeness (QED) is 0.485. The number of carboxylic acids is 1. The Kier molecular flexibility index (Phi) is 4.40. The van der Waals surface area contributed by atoms with Gasteiger partial charge >= 0.3 is 5.97 Å². The van der Waals surface area contributed by atoms with Crippen molar-refractivity contribution in [1.29, 1.82) is 5.41 Å². The average molecular weight is 407 g/mol. The van der Waals surface area contributed by atoms with Crippen LogP contribution in [-0.2, 0) is 4.79 Å². The fraction of sp³-hybridized carbons (Fsp3) is 0. The number of aromatic nitrogens is 1. The maximum Gasteiger partial charge on any atom is 0.335 e. The van der Waals surface area contributed by atoms with Gasteiger partial charge in [-0.05, 0) is 23.8 Å². The van der Waals surface area contributed by atoms with Crippen LogP contribution in [0.3, 0.4) is 0 Å². The molecular formula is C19H13N5O4S. The number of rotatable bonds is 3. The monoisotopic (exact) mass is 407 g/mol. The first-order valence-electron chi connectivity index (χ1n) is 8.28. The van der Waals surface area contributed by atoms with Crippen molar-refractivity contribution in [2.45, 2.75) is 0 Å². The minimum Gasteiger partial charge on any atom is -0.478 e. The molecule has 4 rings (SSSR count). The van der Waals surface area contributed by atoms with E-state index in [0.717, 1.165) is 10.5 Å². The van der Waals surface area contributed by atoms with Crippen molar-refractivity contribution in [2.75, 3.05) is 5.32 Å². The number of pyridine rings is 1. The van der Waals surface area contributed by atoms with Crippen LogP contribution in [0.25, 0.3) is 4.91 Å². The molecule has 0 radical (unpaired) electrons. The minimum absolute atomic E-state index is 0.0781. The van der Waals surface area contributed by atoms with E-state index in [0.29, 0.717) is 5.03 Å². The molecule has 1 aromatic heterocycles. The Morgan fingerprint density at radius 2 is 1.90 bits per heavy atom. The number of nitrogens with one attached hydrogen (secondary N) is 3. The van der Waals surface area contributed by atoms with Crippen LogP contribution in [0, 0.1) is 5.41 Å². The predicted molar refractivity (Wildman–Crippen MR) is 107 cm³/mol. The number of nitrogens with two attached hydrogens (primary N) is 1. The fourth-order valence-electron chi connectivity index (χ4n) is 2.87. The SMILES string of the molecule is N=C1/C(=C2\NC=C(c3ccc(C(=O)O)cc3)S2)C(=O)Nc2cc(C(N)=O)cnc21. The number of amides is 2. The lowest BCUT2D eigenvalue weighted by atomic mass is 10.0. The number of carboxylic acid groups (broad SMARTS) is 1. The van der Waals surface area contributed by atoms with E-state index in [9.17, 15) is 14.4 Å². The standard InChI is InChI=1S/C19H13N5O4S/c20-14-13(17(26)24-11-5-10(16(21)25)6-22-15(11)14)18-23-7-12(29-18)8-1-3-9(4-2-8)19(27)28/h1-7,20,23H,(H2,21,25)(H,24,26)(H,27,28)/b18-13-,20-14?. The van der Waals surface area contributed by atoms with Crippen LogP contribution in [0.15, 0.2) is 53.3 Å². The van der Waals surface area contributed by atoms with Crippen LogP contribution in [0.1, 0.15) is 32.0 Å². The van der Waals surface area contributed by atoms with Crippen LogP contribution in [0.5, 0.6) is 0 Å². The molecule has 0 fully saturated rings. The second kappa shape index (κ2) is 6.91. The van der Waals surface area contributed by atoms with E-state index in [1.54, 1.807) is 18.3 Å². The van der Waals surface area contributed by atoms with Gasteiger partial charge in [-0.15, -0.1) is 0 Å². The van der Waals surface area contributed by atoms with Gasteiger partial charge < -0.3 is 21.5 Å². The van der Waals surface area contributed by atoms with Gasteiger partial charge in [0.1, 0.15) is 5.69 Å². The smallest absolute Gasteiger partial charge is 0.335 e. The molecule has 0 saturated heterocycles. The summed E-state index contributed by atoms with van der Waals surface area (Å²) >= 11 is 1.25. The number of fused-ring (bicyclic) bond motifs is 1. The minimum atomic E-state index is -1.01. The number of hydrogen-bond acceptors (Lipinski definition) is 7. The molecule has 1 aromatic carbocycles. The highest BCUT2D eigenvalue weighted by Crippen LogP contribution is 2.40. The maximum absolute atomic E-state index is 12.6. The maximum atomic E-state index is 12.6. The number of thioether (sulfide) groups is 1. The zero-order valence-electron chi connectivity index (χ0n) is 14.6. The van der Waals surface area contributed by atoms with E-state index >= 15 is 0 Å². The van der Waals surface area contributed by atoms with Crippen LogP contribution in [0.4, 0.5) is 5.69 Å². The van der Waals surface area contributed by atoms with Crippen molar-refractivity contribution < 1.29 is 19.5 Å². The Hall–Kier alpha value is -3.92. The van der Waals surface area contributed by atoms with Crippen molar-refractivity contribution >= 4 is 45.8 Å². The van der Waals surface area contributed by atoms with Crippen LogP contribution in [0.2, 0.25) is 0 Å². The summed E-state index contributed by atoms with van der Waals surface area (Å²) in [5, 5.41) is 23.5. The summed E-state index contributed by atoms with van der Waals surface area (Å²) in [6.07, 6.45) is 2.95. The van der Waals surface area contributed by atoms with Gasteiger partial charge in [0.25, 0.3) is 5.91 Å². The van der Waals surface area contributed by atoms with E-state index in [2.05, 4.69) is 15.6 Å². The number of aromatic carboxylic acids is 1. The van der Waals surface area contributed by atoms with Crippen molar-refractivity contribution in [1.82, 2.24) is 10.3 Å². The summed E-state index contributed by atoms with van der Waals surface area (Å²) in [7, 11) is 0. The topological polar surface area (TPSA) is 158 Å². The first kappa shape index (κ1) is 18.4. The van der Waals surface area contributed by atoms with Gasteiger partial charge in [-0.1, -0.05) is 23.9 Å². The number of carbonyl (C=O) groups excluding carboxylic acids is 2. The van der Waals surface area contributed by atoms with Gasteiger partial charge in [0.15, 0.2) is 0 Å². The molecular weight excluding hydrogens is 394 g/mol. The summed E-state index contributed by atoms with van der Waals surface area (Å²) in [6.45, 7) is 0. The molecule has 9 nitrogen and oxygen atoms in total. The number of benzene rings is 1. The zero-order chi connectivity index (χ0) is 20.7. The van der Waals surface area contributed by atoms with E-state index in [4.69, 9.17) is 16.2 Å². The second-order valence-electron chi connectivity index (χ2n) is 6.16. The van der Waals surface area contributed by atoms with E-state index in [1.807, 2.05) is 0 Å². The average Bonchev–Trinajstić information content (AvgIpc) is 3.17. The molecule has 0 atom stereocenters. The molecule has 2 aliphatic rings. The largest absolute Gasteiger partial charge is 0.478 e. The molecule has 2 aliphatic heterocycles. The van der Waals surface area contributed by atoms with Crippen LogP contribution < -0.4 is 16.4 Å². The van der Waals surface area contributed by atoms with Crippen molar-refractivity contribution in [3.8, 4) is 0 Å². The van der Waals surface area contributed by atoms with E-state index in [1.165, 1.54) is 36.2 Å². The van der Waals surface area contributed by atoms with E-state index in [-0.39, 0.29) is 33.8 Å². The molecule has 0 saturated carbocycles. The Bertz CT molecular complexity index is 1170. The molecule has 0 spiro atoms. The van der Waals surface area contributed by atoms with Crippen LogP contribution in [-0.4, -0.2) is 33.6 Å². The molecule has 3 heterocycles. The van der Waals surface area contributed by atoms with Crippen molar-refractivity contribution in [3.05, 3.63) is 75.7 Å². The van der Waals surface area contributed by atoms with Gasteiger partial charge in [0, 0.05) is 17.3 Å². The summed E-state index contributed by atoms with van der Waals surface area (Å²) in [4.78, 5) is 39.8. The molecule has 2 amide bonds. The number of anilines is 1. The lowest BCUT2D eigenvalue weighted by Crippen LogP contribution is -2.31. The molecule has 0 aliphatic carbocycles. The molecule has 29 heavy (non-hydrogen) atoms. The first-order valence-corrected chi connectivity index (χ1v) is 9.10. The fourth-order valence-corrected chi connectivity index (χ4v) is 3.88. The highest BCUT2D eigenvalue weighted by molar-refractivity contribution is 8.12. The van der Waals surface area contributed by atoms with Crippen molar-refractivity contribution in [3.63, 3.8) is 0 Å². The lowest BCUT2D eigenvalue weighted by Gasteiger charge is -2.21. The molecule has 0 bridgehead atoms. The van der Waals surface area contributed by atoms with Crippen molar-refractivity contribution in [2.24, 2.45) is 5.73 Å². The Balaban J connectivity index is 1.63. The Morgan fingerprint density at radius 1 is 1.17 bits per heavy atom. The zero-order valence-corrected chi connectivity index (χ0v) is 15.5. The highest BCUT2D eigenvalue weighted by atomic mass is 32.2.